The number of ether oxygens (including phenoxy) is 1. The standard InChI is InChI=1S/C16H15ClF3N3O2/c1-25-13-3-2-9(6-11(13)17)7-23-5-4-12-10(8-23)14(24)22-15(21-12)16(18,19)20/h2-3,6H,4-5,7-8H2,1H3,(H,21,22,24). The maximum atomic E-state index is 12.7. The Balaban J connectivity index is 1.80. The van der Waals surface area contributed by atoms with Crippen molar-refractivity contribution in [2.45, 2.75) is 25.7 Å². The quantitative estimate of drug-likeness (QED) is 0.898. The highest BCUT2D eigenvalue weighted by molar-refractivity contribution is 6.32. The van der Waals surface area contributed by atoms with Gasteiger partial charge in [0.2, 0.25) is 5.82 Å². The zero-order valence-corrected chi connectivity index (χ0v) is 14.0. The molecule has 25 heavy (non-hydrogen) atoms. The summed E-state index contributed by atoms with van der Waals surface area (Å²) in [6.45, 7) is 1.26. The second-order valence-corrected chi connectivity index (χ2v) is 6.17. The Morgan fingerprint density at radius 3 is 2.80 bits per heavy atom. The second-order valence-electron chi connectivity index (χ2n) is 5.77. The summed E-state index contributed by atoms with van der Waals surface area (Å²) in [6, 6.07) is 5.38. The van der Waals surface area contributed by atoms with Crippen LogP contribution in [0.1, 0.15) is 22.6 Å². The van der Waals surface area contributed by atoms with Crippen LogP contribution in [0.25, 0.3) is 0 Å². The molecule has 0 amide bonds. The molecule has 0 saturated heterocycles. The van der Waals surface area contributed by atoms with Crippen LogP contribution in [-0.2, 0) is 25.7 Å². The minimum atomic E-state index is -4.66. The summed E-state index contributed by atoms with van der Waals surface area (Å²) in [5.41, 5.74) is 0.666. The van der Waals surface area contributed by atoms with Gasteiger partial charge in [0, 0.05) is 26.1 Å². The molecule has 0 unspecified atom stereocenters. The third-order valence-electron chi connectivity index (χ3n) is 4.04. The van der Waals surface area contributed by atoms with Gasteiger partial charge < -0.3 is 9.72 Å². The minimum Gasteiger partial charge on any atom is -0.495 e. The summed E-state index contributed by atoms with van der Waals surface area (Å²) < 4.78 is 43.3. The number of hydrogen-bond donors (Lipinski definition) is 1. The van der Waals surface area contributed by atoms with Gasteiger partial charge in [-0.3, -0.25) is 9.69 Å². The summed E-state index contributed by atoms with van der Waals surface area (Å²) in [6.07, 6.45) is -4.38. The zero-order valence-electron chi connectivity index (χ0n) is 13.3. The normalized spacial score (nSPS) is 15.1. The molecule has 1 aliphatic rings. The van der Waals surface area contributed by atoms with E-state index < -0.39 is 17.6 Å². The van der Waals surface area contributed by atoms with Gasteiger partial charge in [-0.1, -0.05) is 17.7 Å². The Morgan fingerprint density at radius 1 is 1.40 bits per heavy atom. The summed E-state index contributed by atoms with van der Waals surface area (Å²) >= 11 is 6.10. The van der Waals surface area contributed by atoms with Crippen molar-refractivity contribution in [3.05, 3.63) is 56.2 Å². The molecular formula is C16H15ClF3N3O2. The lowest BCUT2D eigenvalue weighted by molar-refractivity contribution is -0.145. The van der Waals surface area contributed by atoms with Crippen LogP contribution < -0.4 is 10.3 Å². The molecule has 9 heteroatoms. The van der Waals surface area contributed by atoms with E-state index in [1.807, 2.05) is 16.0 Å². The molecular weight excluding hydrogens is 359 g/mol. The molecule has 0 spiro atoms. The van der Waals surface area contributed by atoms with E-state index in [2.05, 4.69) is 4.98 Å². The fourth-order valence-electron chi connectivity index (χ4n) is 2.82. The van der Waals surface area contributed by atoms with Crippen molar-refractivity contribution in [2.24, 2.45) is 0 Å². The lowest BCUT2D eigenvalue weighted by atomic mass is 10.1. The maximum absolute atomic E-state index is 12.7. The summed E-state index contributed by atoms with van der Waals surface area (Å²) in [4.78, 5) is 19.4. The molecule has 0 radical (unpaired) electrons. The van der Waals surface area contributed by atoms with Crippen molar-refractivity contribution in [3.63, 3.8) is 0 Å². The fourth-order valence-corrected chi connectivity index (χ4v) is 3.10. The maximum Gasteiger partial charge on any atom is 0.449 e. The number of alkyl halides is 3. The van der Waals surface area contributed by atoms with Crippen LogP contribution in [0.15, 0.2) is 23.0 Å². The topological polar surface area (TPSA) is 58.2 Å². The van der Waals surface area contributed by atoms with Crippen molar-refractivity contribution in [3.8, 4) is 5.75 Å². The molecule has 0 fully saturated rings. The molecule has 5 nitrogen and oxygen atoms in total. The largest absolute Gasteiger partial charge is 0.495 e. The summed E-state index contributed by atoms with van der Waals surface area (Å²) in [5.74, 6) is -0.679. The first-order chi connectivity index (χ1) is 11.8. The van der Waals surface area contributed by atoms with E-state index in [1.54, 1.807) is 12.1 Å². The highest BCUT2D eigenvalue weighted by Gasteiger charge is 2.35. The second kappa shape index (κ2) is 6.68. The van der Waals surface area contributed by atoms with Gasteiger partial charge in [-0.15, -0.1) is 0 Å². The van der Waals surface area contributed by atoms with Crippen LogP contribution in [0.2, 0.25) is 5.02 Å². The molecule has 2 aromatic rings. The Bertz CT molecular complexity index is 851. The van der Waals surface area contributed by atoms with Crippen LogP contribution in [0.5, 0.6) is 5.75 Å². The number of benzene rings is 1. The number of halogens is 4. The average molecular weight is 374 g/mol. The van der Waals surface area contributed by atoms with Gasteiger partial charge in [-0.25, -0.2) is 4.98 Å². The van der Waals surface area contributed by atoms with Gasteiger partial charge in [0.25, 0.3) is 5.56 Å². The highest BCUT2D eigenvalue weighted by atomic mass is 35.5. The SMILES string of the molecule is COc1ccc(CN2CCc3nc(C(F)(F)F)[nH]c(=O)c3C2)cc1Cl. The molecule has 1 aliphatic heterocycles. The van der Waals surface area contributed by atoms with E-state index >= 15 is 0 Å². The molecule has 134 valence electrons. The van der Waals surface area contributed by atoms with Gasteiger partial charge in [-0.05, 0) is 17.7 Å². The number of fused-ring (bicyclic) bond motifs is 1. The first-order valence-electron chi connectivity index (χ1n) is 7.52. The fraction of sp³-hybridized carbons (Fsp3) is 0.375. The molecule has 3 rings (SSSR count). The molecule has 2 heterocycles. The van der Waals surface area contributed by atoms with Crippen molar-refractivity contribution in [2.75, 3.05) is 13.7 Å². The molecule has 1 N–H and O–H groups in total. The first-order valence-corrected chi connectivity index (χ1v) is 7.89. The monoisotopic (exact) mass is 373 g/mol. The van der Waals surface area contributed by atoms with Crippen LogP contribution >= 0.6 is 11.6 Å². The summed E-state index contributed by atoms with van der Waals surface area (Å²) in [5, 5.41) is 0.478. The van der Waals surface area contributed by atoms with Gasteiger partial charge in [0.1, 0.15) is 5.75 Å². The molecule has 1 aromatic carbocycles. The average Bonchev–Trinajstić information content (AvgIpc) is 2.54. The van der Waals surface area contributed by atoms with E-state index in [0.717, 1.165) is 5.56 Å². The molecule has 0 bridgehead atoms. The van der Waals surface area contributed by atoms with Crippen molar-refractivity contribution in [1.82, 2.24) is 14.9 Å². The van der Waals surface area contributed by atoms with Crippen molar-refractivity contribution in [1.29, 1.82) is 0 Å². The molecule has 0 atom stereocenters. The van der Waals surface area contributed by atoms with E-state index in [1.165, 1.54) is 7.11 Å². The number of methoxy groups -OCH3 is 1. The molecule has 1 aromatic heterocycles. The van der Waals surface area contributed by atoms with Crippen molar-refractivity contribution < 1.29 is 17.9 Å². The van der Waals surface area contributed by atoms with Crippen LogP contribution in [0, 0.1) is 0 Å². The number of hydrogen-bond acceptors (Lipinski definition) is 4. The van der Waals surface area contributed by atoms with Gasteiger partial charge in [0.15, 0.2) is 0 Å². The Kier molecular flexibility index (Phi) is 4.75. The van der Waals surface area contributed by atoms with E-state index in [9.17, 15) is 18.0 Å². The Morgan fingerprint density at radius 2 is 2.16 bits per heavy atom. The number of nitrogens with one attached hydrogen (secondary N) is 1. The predicted octanol–water partition coefficient (Wildman–Crippen LogP) is 3.01. The van der Waals surface area contributed by atoms with Crippen LogP contribution in [-0.4, -0.2) is 28.5 Å². The summed E-state index contributed by atoms with van der Waals surface area (Å²) in [7, 11) is 1.52. The number of aromatic nitrogens is 2. The number of nitrogens with zero attached hydrogens (tertiary/aromatic N) is 2. The smallest absolute Gasteiger partial charge is 0.449 e. The number of rotatable bonds is 3. The number of H-pyrrole nitrogens is 1. The molecule has 0 aliphatic carbocycles. The number of aromatic amines is 1. The lowest BCUT2D eigenvalue weighted by Gasteiger charge is -2.28. The van der Waals surface area contributed by atoms with Crippen LogP contribution in [0.3, 0.4) is 0 Å². The Labute approximate surface area is 146 Å². The van der Waals surface area contributed by atoms with Crippen molar-refractivity contribution >= 4 is 11.6 Å². The van der Waals surface area contributed by atoms with Gasteiger partial charge in [0.05, 0.1) is 23.4 Å². The van der Waals surface area contributed by atoms with E-state index in [0.29, 0.717) is 23.9 Å². The van der Waals surface area contributed by atoms with Crippen LogP contribution in [0.4, 0.5) is 13.2 Å². The highest BCUT2D eigenvalue weighted by Crippen LogP contribution is 2.28. The van der Waals surface area contributed by atoms with Gasteiger partial charge in [-0.2, -0.15) is 13.2 Å². The third kappa shape index (κ3) is 3.80. The van der Waals surface area contributed by atoms with E-state index in [-0.39, 0.29) is 24.2 Å². The third-order valence-corrected chi connectivity index (χ3v) is 4.33. The zero-order chi connectivity index (χ0) is 18.2. The predicted molar refractivity (Wildman–Crippen MR) is 85.7 cm³/mol. The van der Waals surface area contributed by atoms with Gasteiger partial charge >= 0.3 is 6.18 Å². The first kappa shape index (κ1) is 17.8. The lowest BCUT2D eigenvalue weighted by Crippen LogP contribution is -2.36. The minimum absolute atomic E-state index is 0.208. The Hall–Kier alpha value is -2.06. The molecule has 0 saturated carbocycles. The van der Waals surface area contributed by atoms with E-state index in [4.69, 9.17) is 16.3 Å².